The summed E-state index contributed by atoms with van der Waals surface area (Å²) in [7, 11) is 3.65. The molecular weight excluding hydrogens is 354 g/mol. The Morgan fingerprint density at radius 2 is 2.00 bits per heavy atom. The third-order valence-corrected chi connectivity index (χ3v) is 6.24. The van der Waals surface area contributed by atoms with Crippen LogP contribution in [-0.2, 0) is 19.2 Å². The Bertz CT molecular complexity index is 805. The van der Waals surface area contributed by atoms with Crippen LogP contribution in [0.4, 0.5) is 0 Å². The zero-order chi connectivity index (χ0) is 19.7. The van der Waals surface area contributed by atoms with Crippen molar-refractivity contribution in [2.45, 2.75) is 63.3 Å². The van der Waals surface area contributed by atoms with E-state index in [0.717, 1.165) is 61.5 Å². The monoisotopic (exact) mass is 385 g/mol. The molecule has 0 amide bonds. The van der Waals surface area contributed by atoms with Crippen LogP contribution in [0.25, 0.3) is 0 Å². The summed E-state index contributed by atoms with van der Waals surface area (Å²) in [5.41, 5.74) is 0.323. The molecule has 0 aliphatic carbocycles. The lowest BCUT2D eigenvalue weighted by atomic mass is 9.85. The van der Waals surface area contributed by atoms with Gasteiger partial charge in [-0.2, -0.15) is 0 Å². The lowest BCUT2D eigenvalue weighted by Crippen LogP contribution is -2.50. The molecule has 0 saturated carbocycles. The number of para-hydroxylation sites is 1. The molecule has 2 fully saturated rings. The Morgan fingerprint density at radius 3 is 2.61 bits per heavy atom. The number of rotatable bonds is 7. The highest BCUT2D eigenvalue weighted by Gasteiger charge is 2.49. The van der Waals surface area contributed by atoms with Crippen molar-refractivity contribution in [3.8, 4) is 11.5 Å². The first-order valence-electron chi connectivity index (χ1n) is 10.3. The van der Waals surface area contributed by atoms with Crippen LogP contribution in [0.15, 0.2) is 30.6 Å². The molecule has 1 aromatic carbocycles. The second-order valence-corrected chi connectivity index (χ2v) is 8.16. The van der Waals surface area contributed by atoms with Crippen LogP contribution in [-0.4, -0.2) is 45.4 Å². The van der Waals surface area contributed by atoms with Gasteiger partial charge in [-0.05, 0) is 38.2 Å². The molecule has 2 aliphatic heterocycles. The quantitative estimate of drug-likeness (QED) is 0.793. The highest BCUT2D eigenvalue weighted by Crippen LogP contribution is 2.46. The fraction of sp³-hybridized carbons (Fsp3) is 0.591. The van der Waals surface area contributed by atoms with E-state index in [4.69, 9.17) is 9.47 Å². The average molecular weight is 386 g/mol. The number of aliphatic hydroxyl groups is 1. The van der Waals surface area contributed by atoms with E-state index in [1.54, 1.807) is 13.3 Å². The van der Waals surface area contributed by atoms with Gasteiger partial charge in [-0.3, -0.25) is 4.90 Å². The molecule has 2 aliphatic rings. The van der Waals surface area contributed by atoms with Crippen LogP contribution >= 0.6 is 0 Å². The van der Waals surface area contributed by atoms with Gasteiger partial charge in [-0.15, -0.1) is 0 Å². The van der Waals surface area contributed by atoms with Gasteiger partial charge in [0.15, 0.2) is 11.5 Å². The van der Waals surface area contributed by atoms with Gasteiger partial charge in [0.2, 0.25) is 0 Å². The number of aryl methyl sites for hydroxylation is 1. The van der Waals surface area contributed by atoms with E-state index in [1.165, 1.54) is 0 Å². The van der Waals surface area contributed by atoms with Gasteiger partial charge in [0.25, 0.3) is 0 Å². The molecule has 6 nitrogen and oxygen atoms in total. The third kappa shape index (κ3) is 3.40. The Morgan fingerprint density at radius 1 is 1.25 bits per heavy atom. The van der Waals surface area contributed by atoms with Crippen LogP contribution in [0.1, 0.15) is 50.4 Å². The molecule has 152 valence electrons. The number of benzene rings is 1. The normalized spacial score (nSPS) is 27.1. The van der Waals surface area contributed by atoms with Gasteiger partial charge in [-0.1, -0.05) is 19.1 Å². The molecule has 1 N–H and O–H groups in total. The first kappa shape index (κ1) is 19.3. The maximum absolute atomic E-state index is 11.4. The molecule has 4 rings (SSSR count). The highest BCUT2D eigenvalue weighted by atomic mass is 16.5. The molecule has 2 atom stereocenters. The number of hydrogen-bond acceptors (Lipinski definition) is 5. The van der Waals surface area contributed by atoms with E-state index in [9.17, 15) is 5.11 Å². The van der Waals surface area contributed by atoms with Gasteiger partial charge in [0.05, 0.1) is 13.7 Å². The summed E-state index contributed by atoms with van der Waals surface area (Å²) in [5, 5.41) is 11.4. The minimum Gasteiger partial charge on any atom is -0.493 e. The van der Waals surface area contributed by atoms with Gasteiger partial charge < -0.3 is 19.1 Å². The van der Waals surface area contributed by atoms with Gasteiger partial charge in [0.1, 0.15) is 11.4 Å². The van der Waals surface area contributed by atoms with Crippen LogP contribution in [0.2, 0.25) is 0 Å². The van der Waals surface area contributed by atoms with Crippen molar-refractivity contribution in [3.05, 3.63) is 42.0 Å². The van der Waals surface area contributed by atoms with E-state index >= 15 is 0 Å². The summed E-state index contributed by atoms with van der Waals surface area (Å²) >= 11 is 0. The number of methoxy groups -OCH3 is 1. The lowest BCUT2D eigenvalue weighted by Gasteiger charge is -2.43. The van der Waals surface area contributed by atoms with E-state index in [1.807, 2.05) is 29.9 Å². The summed E-state index contributed by atoms with van der Waals surface area (Å²) in [6, 6.07) is 6.82. The van der Waals surface area contributed by atoms with Gasteiger partial charge in [-0.25, -0.2) is 4.98 Å². The van der Waals surface area contributed by atoms with E-state index in [0.29, 0.717) is 18.7 Å². The minimum absolute atomic E-state index is 0.352. The van der Waals surface area contributed by atoms with E-state index in [2.05, 4.69) is 22.9 Å². The number of imidazole rings is 1. The SMILES string of the molecule is CCCOc1c(CN2[C@H]3CC[C@H]2CC(O)(c2nccn2C)C3)cccc1OC. The Balaban J connectivity index is 1.56. The molecule has 0 radical (unpaired) electrons. The molecular formula is C22H31N3O3. The van der Waals surface area contributed by atoms with Crippen molar-refractivity contribution >= 4 is 0 Å². The topological polar surface area (TPSA) is 59.8 Å². The Kier molecular flexibility index (Phi) is 5.34. The summed E-state index contributed by atoms with van der Waals surface area (Å²) in [5.74, 6) is 2.44. The van der Waals surface area contributed by atoms with Crippen LogP contribution in [0.3, 0.4) is 0 Å². The van der Waals surface area contributed by atoms with Crippen molar-refractivity contribution in [3.63, 3.8) is 0 Å². The molecule has 0 unspecified atom stereocenters. The van der Waals surface area contributed by atoms with Crippen LogP contribution in [0.5, 0.6) is 11.5 Å². The van der Waals surface area contributed by atoms with Gasteiger partial charge >= 0.3 is 0 Å². The second kappa shape index (κ2) is 7.76. The fourth-order valence-electron chi connectivity index (χ4n) is 4.98. The zero-order valence-electron chi connectivity index (χ0n) is 17.1. The summed E-state index contributed by atoms with van der Waals surface area (Å²) in [4.78, 5) is 6.99. The van der Waals surface area contributed by atoms with Crippen LogP contribution < -0.4 is 9.47 Å². The minimum atomic E-state index is -0.837. The van der Waals surface area contributed by atoms with Crippen LogP contribution in [0, 0.1) is 0 Å². The summed E-state index contributed by atoms with van der Waals surface area (Å²) in [6.07, 6.45) is 8.33. The van der Waals surface area contributed by atoms with Crippen molar-refractivity contribution < 1.29 is 14.6 Å². The van der Waals surface area contributed by atoms with E-state index < -0.39 is 5.60 Å². The number of piperidine rings is 1. The molecule has 2 aromatic rings. The predicted molar refractivity (Wildman–Crippen MR) is 107 cm³/mol. The smallest absolute Gasteiger partial charge is 0.165 e. The summed E-state index contributed by atoms with van der Waals surface area (Å²) in [6.45, 7) is 3.61. The van der Waals surface area contributed by atoms with Crippen molar-refractivity contribution in [2.24, 2.45) is 7.05 Å². The standard InChI is InChI=1S/C22H31N3O3/c1-4-12-28-20-16(6-5-7-19(20)27-3)15-25-17-8-9-18(25)14-22(26,13-17)21-23-10-11-24(21)2/h5-7,10-11,17-18,26H,4,8-9,12-15H2,1-3H3/t17-,18-/m0/s1. The van der Waals surface area contributed by atoms with Crippen molar-refractivity contribution in [1.82, 2.24) is 14.5 Å². The van der Waals surface area contributed by atoms with E-state index in [-0.39, 0.29) is 0 Å². The molecule has 6 heteroatoms. The Labute approximate surface area is 167 Å². The first-order chi connectivity index (χ1) is 13.6. The second-order valence-electron chi connectivity index (χ2n) is 8.16. The maximum Gasteiger partial charge on any atom is 0.165 e. The lowest BCUT2D eigenvalue weighted by molar-refractivity contribution is -0.0670. The largest absolute Gasteiger partial charge is 0.493 e. The zero-order valence-corrected chi connectivity index (χ0v) is 17.1. The van der Waals surface area contributed by atoms with Gasteiger partial charge in [0, 0.05) is 43.6 Å². The molecule has 3 heterocycles. The highest BCUT2D eigenvalue weighted by molar-refractivity contribution is 5.46. The molecule has 1 aromatic heterocycles. The number of aromatic nitrogens is 2. The summed E-state index contributed by atoms with van der Waals surface area (Å²) < 4.78 is 13.5. The first-order valence-corrected chi connectivity index (χ1v) is 10.3. The average Bonchev–Trinajstić information content (AvgIpc) is 3.22. The van der Waals surface area contributed by atoms with Crippen molar-refractivity contribution in [2.75, 3.05) is 13.7 Å². The predicted octanol–water partition coefficient (Wildman–Crippen LogP) is 3.23. The molecule has 28 heavy (non-hydrogen) atoms. The fourth-order valence-corrected chi connectivity index (χ4v) is 4.98. The maximum atomic E-state index is 11.4. The molecule has 0 spiro atoms. The molecule has 2 saturated heterocycles. The number of hydrogen-bond donors (Lipinski definition) is 1. The number of fused-ring (bicyclic) bond motifs is 2. The third-order valence-electron chi connectivity index (χ3n) is 6.24. The van der Waals surface area contributed by atoms with Crippen molar-refractivity contribution in [1.29, 1.82) is 0 Å². The number of nitrogens with zero attached hydrogens (tertiary/aromatic N) is 3. The Hall–Kier alpha value is -2.05. The number of ether oxygens (including phenoxy) is 2. The molecule has 2 bridgehead atoms.